The van der Waals surface area contributed by atoms with Crippen LogP contribution >= 0.6 is 0 Å². The molecule has 5 nitrogen and oxygen atoms in total. The van der Waals surface area contributed by atoms with E-state index in [4.69, 9.17) is 5.11 Å². The highest BCUT2D eigenvalue weighted by Gasteiger charge is 2.22. The molecule has 226 valence electrons. The van der Waals surface area contributed by atoms with E-state index in [0.29, 0.717) is 0 Å². The van der Waals surface area contributed by atoms with Gasteiger partial charge < -0.3 is 14.7 Å². The summed E-state index contributed by atoms with van der Waals surface area (Å²) >= 11 is 0. The summed E-state index contributed by atoms with van der Waals surface area (Å²) in [6.45, 7) is 13.0. The maximum atomic E-state index is 13.2. The summed E-state index contributed by atoms with van der Waals surface area (Å²) in [5, 5.41) is 9.13. The Morgan fingerprint density at radius 1 is 0.636 bits per heavy atom. The third-order valence-corrected chi connectivity index (χ3v) is 7.29. The van der Waals surface area contributed by atoms with Crippen LogP contribution in [0.25, 0.3) is 5.76 Å². The standard InChI is InChI=1S/C36H36BF2NO4/c1-35(2,3)27-13-19-30(20-14-27)40(31-21-15-28(16-22-31)36(4,5)6)29-17-11-24(12-18-29)32(41)23-33(44-37(38)39)25-7-9-26(10-8-25)34(42)43/h7-23H,1-6H3,(H,42,43)/b33-23-. The summed E-state index contributed by atoms with van der Waals surface area (Å²) < 4.78 is 31.0. The molecular formula is C36H36BF2NO4. The monoisotopic (exact) mass is 595 g/mol. The molecule has 0 saturated heterocycles. The molecule has 0 fully saturated rings. The molecule has 0 bridgehead atoms. The van der Waals surface area contributed by atoms with Crippen molar-refractivity contribution in [1.82, 2.24) is 0 Å². The van der Waals surface area contributed by atoms with E-state index >= 15 is 0 Å². The van der Waals surface area contributed by atoms with Crippen LogP contribution in [0.1, 0.15) is 78.9 Å². The molecule has 0 aliphatic carbocycles. The average Bonchev–Trinajstić information content (AvgIpc) is 2.97. The van der Waals surface area contributed by atoms with Crippen LogP contribution in [0, 0.1) is 0 Å². The molecule has 0 unspecified atom stereocenters. The van der Waals surface area contributed by atoms with E-state index < -0.39 is 19.2 Å². The third kappa shape index (κ3) is 7.81. The number of hydrogen-bond acceptors (Lipinski definition) is 4. The molecule has 0 amide bonds. The number of halogens is 2. The van der Waals surface area contributed by atoms with Gasteiger partial charge in [-0.05, 0) is 82.6 Å². The largest absolute Gasteiger partial charge is 0.796 e. The summed E-state index contributed by atoms with van der Waals surface area (Å²) in [5.41, 5.74) is 5.52. The zero-order valence-corrected chi connectivity index (χ0v) is 25.8. The van der Waals surface area contributed by atoms with Crippen molar-refractivity contribution in [3.8, 4) is 0 Å². The first-order valence-electron chi connectivity index (χ1n) is 14.3. The molecule has 4 aromatic carbocycles. The summed E-state index contributed by atoms with van der Waals surface area (Å²) in [6.07, 6.45) is 0.991. The predicted molar refractivity (Wildman–Crippen MR) is 173 cm³/mol. The Morgan fingerprint density at radius 3 is 1.36 bits per heavy atom. The maximum absolute atomic E-state index is 13.2. The van der Waals surface area contributed by atoms with Crippen LogP contribution in [0.5, 0.6) is 0 Å². The van der Waals surface area contributed by atoms with E-state index in [2.05, 4.69) is 99.6 Å². The lowest BCUT2D eigenvalue weighted by atomic mass is 9.86. The molecule has 0 heterocycles. The smallest absolute Gasteiger partial charge is 0.505 e. The first-order valence-corrected chi connectivity index (χ1v) is 14.3. The lowest BCUT2D eigenvalue weighted by Gasteiger charge is -2.28. The Bertz CT molecular complexity index is 1580. The minimum Gasteiger partial charge on any atom is -0.505 e. The van der Waals surface area contributed by atoms with Gasteiger partial charge in [0.15, 0.2) is 5.78 Å². The van der Waals surface area contributed by atoms with Crippen LogP contribution < -0.4 is 4.90 Å². The van der Waals surface area contributed by atoms with Gasteiger partial charge in [-0.3, -0.25) is 4.79 Å². The number of hydrogen-bond donors (Lipinski definition) is 1. The number of carboxylic acids is 1. The molecule has 4 aromatic rings. The van der Waals surface area contributed by atoms with Crippen LogP contribution in [0.2, 0.25) is 0 Å². The second kappa shape index (κ2) is 12.9. The zero-order valence-electron chi connectivity index (χ0n) is 25.8. The van der Waals surface area contributed by atoms with Gasteiger partial charge in [-0.1, -0.05) is 77.9 Å². The number of nitrogens with zero attached hydrogens (tertiary/aromatic N) is 1. The van der Waals surface area contributed by atoms with Crippen LogP contribution in [-0.2, 0) is 15.5 Å². The van der Waals surface area contributed by atoms with E-state index in [1.807, 2.05) is 12.1 Å². The Kier molecular flexibility index (Phi) is 9.43. The van der Waals surface area contributed by atoms with Gasteiger partial charge in [0, 0.05) is 34.3 Å². The molecule has 0 aliphatic rings. The van der Waals surface area contributed by atoms with Gasteiger partial charge >= 0.3 is 13.4 Å². The lowest BCUT2D eigenvalue weighted by molar-refractivity contribution is 0.0696. The van der Waals surface area contributed by atoms with E-state index in [1.54, 1.807) is 12.1 Å². The highest BCUT2D eigenvalue weighted by molar-refractivity contribution is 6.36. The molecule has 4 rings (SSSR count). The van der Waals surface area contributed by atoms with Crippen molar-refractivity contribution in [2.45, 2.75) is 52.4 Å². The highest BCUT2D eigenvalue weighted by Crippen LogP contribution is 2.37. The zero-order chi connectivity index (χ0) is 32.2. The van der Waals surface area contributed by atoms with Crippen molar-refractivity contribution in [2.75, 3.05) is 4.90 Å². The molecule has 0 spiro atoms. The SMILES string of the molecule is CC(C)(C)c1ccc(N(c2ccc(C(=O)/C=C(\OB(F)F)c3ccc(C(=O)O)cc3)cc2)c2ccc(C(C)(C)C)cc2)cc1. The maximum Gasteiger partial charge on any atom is 0.796 e. The fourth-order valence-corrected chi connectivity index (χ4v) is 4.70. The first-order chi connectivity index (χ1) is 20.6. The van der Waals surface area contributed by atoms with Crippen molar-refractivity contribution in [2.24, 2.45) is 0 Å². The van der Waals surface area contributed by atoms with E-state index in [-0.39, 0.29) is 33.3 Å². The summed E-state index contributed by atoms with van der Waals surface area (Å²) in [4.78, 5) is 26.4. The number of carbonyl (C=O) groups excluding carboxylic acids is 1. The van der Waals surface area contributed by atoms with Crippen molar-refractivity contribution < 1.29 is 28.0 Å². The molecule has 0 saturated carbocycles. The van der Waals surface area contributed by atoms with E-state index in [1.165, 1.54) is 35.4 Å². The normalized spacial score (nSPS) is 12.0. The van der Waals surface area contributed by atoms with Gasteiger partial charge in [0.05, 0.1) is 5.56 Å². The first kappa shape index (κ1) is 32.2. The Balaban J connectivity index is 1.70. The molecule has 0 aromatic heterocycles. The fraction of sp³-hybridized carbons (Fsp3) is 0.222. The van der Waals surface area contributed by atoms with Crippen LogP contribution in [0.4, 0.5) is 25.7 Å². The van der Waals surface area contributed by atoms with Crippen molar-refractivity contribution in [3.63, 3.8) is 0 Å². The molecule has 1 N–H and O–H groups in total. The molecule has 0 radical (unpaired) electrons. The topological polar surface area (TPSA) is 66.8 Å². The van der Waals surface area contributed by atoms with Crippen LogP contribution in [0.15, 0.2) is 103 Å². The molecule has 44 heavy (non-hydrogen) atoms. The minimum absolute atomic E-state index is 0.00156. The number of allylic oxidation sites excluding steroid dienone is 1. The third-order valence-electron chi connectivity index (χ3n) is 7.29. The number of rotatable bonds is 9. The van der Waals surface area contributed by atoms with Gasteiger partial charge in [0.1, 0.15) is 5.76 Å². The Hall–Kier alpha value is -4.72. The average molecular weight is 595 g/mol. The number of ketones is 1. The number of carbonyl (C=O) groups is 2. The van der Waals surface area contributed by atoms with Gasteiger partial charge in [-0.2, -0.15) is 0 Å². The summed E-state index contributed by atoms with van der Waals surface area (Å²) in [5.74, 6) is -2.05. The van der Waals surface area contributed by atoms with Gasteiger partial charge in [-0.25, -0.2) is 13.4 Å². The number of aromatic carboxylic acids is 1. The summed E-state index contributed by atoms with van der Waals surface area (Å²) in [7, 11) is -3.17. The number of anilines is 3. The molecule has 8 heteroatoms. The lowest BCUT2D eigenvalue weighted by Crippen LogP contribution is -2.14. The van der Waals surface area contributed by atoms with Gasteiger partial charge in [0.2, 0.25) is 0 Å². The fourth-order valence-electron chi connectivity index (χ4n) is 4.70. The quantitative estimate of drug-likeness (QED) is 0.0904. The van der Waals surface area contributed by atoms with Crippen molar-refractivity contribution >= 4 is 42.0 Å². The molecule has 0 aliphatic heterocycles. The van der Waals surface area contributed by atoms with Crippen LogP contribution in [-0.4, -0.2) is 24.3 Å². The molecule has 0 atom stereocenters. The minimum atomic E-state index is -3.17. The van der Waals surface area contributed by atoms with Crippen molar-refractivity contribution in [3.05, 3.63) is 131 Å². The Morgan fingerprint density at radius 2 is 1.00 bits per heavy atom. The second-order valence-electron chi connectivity index (χ2n) is 12.6. The number of carboxylic acid groups (broad SMARTS) is 1. The van der Waals surface area contributed by atoms with E-state index in [0.717, 1.165) is 23.1 Å². The van der Waals surface area contributed by atoms with E-state index in [9.17, 15) is 18.2 Å². The highest BCUT2D eigenvalue weighted by atomic mass is 19.2. The summed E-state index contributed by atoms with van der Waals surface area (Å²) in [6, 6.07) is 28.8. The molecular weight excluding hydrogens is 559 g/mol. The van der Waals surface area contributed by atoms with Crippen LogP contribution in [0.3, 0.4) is 0 Å². The second-order valence-corrected chi connectivity index (χ2v) is 12.6. The number of benzene rings is 4. The Labute approximate surface area is 258 Å². The van der Waals surface area contributed by atoms with Crippen molar-refractivity contribution in [1.29, 1.82) is 0 Å². The predicted octanol–water partition coefficient (Wildman–Crippen LogP) is 9.61. The van der Waals surface area contributed by atoms with Gasteiger partial charge in [-0.15, -0.1) is 0 Å². The van der Waals surface area contributed by atoms with Gasteiger partial charge in [0.25, 0.3) is 0 Å².